The van der Waals surface area contributed by atoms with Crippen LogP contribution in [-0.4, -0.2) is 39.3 Å². The van der Waals surface area contributed by atoms with E-state index in [1.807, 2.05) is 18.2 Å². The van der Waals surface area contributed by atoms with E-state index >= 15 is 0 Å². The van der Waals surface area contributed by atoms with Gasteiger partial charge in [-0.05, 0) is 18.2 Å². The third-order valence-corrected chi connectivity index (χ3v) is 3.68. The van der Waals surface area contributed by atoms with E-state index in [4.69, 9.17) is 14.3 Å². The number of aliphatic hydroxyl groups excluding tert-OH is 1. The summed E-state index contributed by atoms with van der Waals surface area (Å²) in [7, 11) is 0. The van der Waals surface area contributed by atoms with E-state index < -0.39 is 10.9 Å². The van der Waals surface area contributed by atoms with E-state index in [0.29, 0.717) is 5.69 Å². The van der Waals surface area contributed by atoms with Crippen LogP contribution in [0.1, 0.15) is 16.2 Å². The number of esters is 1. The quantitative estimate of drug-likeness (QED) is 0.340. The van der Waals surface area contributed by atoms with Gasteiger partial charge in [-0.1, -0.05) is 18.2 Å². The molecule has 10 heteroatoms. The number of nitrogens with zero attached hydrogens (tertiary/aromatic N) is 3. The number of non-ortho nitro benzene ring substituents is 1. The van der Waals surface area contributed by atoms with Crippen molar-refractivity contribution >= 4 is 17.3 Å². The van der Waals surface area contributed by atoms with E-state index in [0.717, 1.165) is 11.6 Å². The largest absolute Gasteiger partial charge is 0.452 e. The number of aliphatic hydroxyl groups is 1. The molecule has 3 aromatic rings. The van der Waals surface area contributed by atoms with Crippen molar-refractivity contribution in [2.45, 2.75) is 6.61 Å². The topological polar surface area (TPSA) is 141 Å². The van der Waals surface area contributed by atoms with Gasteiger partial charge in [0.05, 0.1) is 17.1 Å². The number of rotatable bonds is 8. The fraction of sp³-hybridized carbons (Fsp3) is 0.167. The van der Waals surface area contributed by atoms with Gasteiger partial charge >= 0.3 is 5.97 Å². The highest BCUT2D eigenvalue weighted by Crippen LogP contribution is 2.24. The average Bonchev–Trinajstić information content (AvgIpc) is 3.20. The molecule has 0 radical (unpaired) electrons. The highest BCUT2D eigenvalue weighted by Gasteiger charge is 2.19. The zero-order valence-corrected chi connectivity index (χ0v) is 14.6. The second-order valence-corrected chi connectivity index (χ2v) is 5.58. The average molecular weight is 384 g/mol. The van der Waals surface area contributed by atoms with Crippen molar-refractivity contribution in [3.63, 3.8) is 0 Å². The number of nitro benzene ring substituents is 1. The summed E-state index contributed by atoms with van der Waals surface area (Å²) >= 11 is 0. The summed E-state index contributed by atoms with van der Waals surface area (Å²) in [6, 6.07) is 12.8. The van der Waals surface area contributed by atoms with E-state index in [9.17, 15) is 14.9 Å². The van der Waals surface area contributed by atoms with Gasteiger partial charge in [0.1, 0.15) is 0 Å². The Balaban J connectivity index is 1.73. The minimum Gasteiger partial charge on any atom is -0.452 e. The zero-order chi connectivity index (χ0) is 19.9. The van der Waals surface area contributed by atoms with E-state index in [2.05, 4.69) is 15.5 Å². The maximum Gasteiger partial charge on any atom is 0.341 e. The van der Waals surface area contributed by atoms with E-state index in [1.165, 1.54) is 12.1 Å². The Kier molecular flexibility index (Phi) is 5.92. The Labute approximate surface area is 158 Å². The molecule has 0 atom stereocenters. The predicted molar refractivity (Wildman–Crippen MR) is 97.5 cm³/mol. The molecule has 1 heterocycles. The smallest absolute Gasteiger partial charge is 0.341 e. The summed E-state index contributed by atoms with van der Waals surface area (Å²) in [4.78, 5) is 22.8. The van der Waals surface area contributed by atoms with Crippen molar-refractivity contribution in [2.75, 3.05) is 18.5 Å². The van der Waals surface area contributed by atoms with Crippen LogP contribution in [0, 0.1) is 10.1 Å². The van der Waals surface area contributed by atoms with Crippen molar-refractivity contribution in [1.29, 1.82) is 0 Å². The molecule has 3 rings (SSSR count). The second kappa shape index (κ2) is 8.73. The molecule has 144 valence electrons. The molecule has 1 aromatic heterocycles. The Morgan fingerprint density at radius 3 is 2.71 bits per heavy atom. The van der Waals surface area contributed by atoms with Gasteiger partial charge in [0.25, 0.3) is 11.6 Å². The van der Waals surface area contributed by atoms with Crippen molar-refractivity contribution in [3.05, 3.63) is 70.1 Å². The molecule has 0 spiro atoms. The molecule has 0 bridgehead atoms. The van der Waals surface area contributed by atoms with E-state index in [1.54, 1.807) is 12.1 Å². The minimum atomic E-state index is -0.802. The van der Waals surface area contributed by atoms with Crippen LogP contribution in [0.25, 0.3) is 11.5 Å². The fourth-order valence-electron chi connectivity index (χ4n) is 2.37. The molecule has 0 unspecified atom stereocenters. The van der Waals surface area contributed by atoms with Crippen LogP contribution in [0.15, 0.2) is 52.9 Å². The molecule has 2 aromatic carbocycles. The number of benzene rings is 2. The van der Waals surface area contributed by atoms with Crippen LogP contribution < -0.4 is 5.32 Å². The molecule has 10 nitrogen and oxygen atoms in total. The molecular weight excluding hydrogens is 368 g/mol. The third kappa shape index (κ3) is 4.48. The van der Waals surface area contributed by atoms with Crippen LogP contribution in [-0.2, 0) is 11.3 Å². The summed E-state index contributed by atoms with van der Waals surface area (Å²) in [6.07, 6.45) is 0. The number of carbonyl (C=O) groups is 1. The van der Waals surface area contributed by atoms with Gasteiger partial charge in [0.2, 0.25) is 5.89 Å². The molecule has 0 fully saturated rings. The Hall–Kier alpha value is -3.79. The van der Waals surface area contributed by atoms with Gasteiger partial charge in [-0.3, -0.25) is 10.1 Å². The van der Waals surface area contributed by atoms with Crippen molar-refractivity contribution in [2.24, 2.45) is 0 Å². The zero-order valence-electron chi connectivity index (χ0n) is 14.6. The maximum absolute atomic E-state index is 12.4. The van der Waals surface area contributed by atoms with Crippen LogP contribution in [0.5, 0.6) is 0 Å². The van der Waals surface area contributed by atoms with Gasteiger partial charge in [-0.15, -0.1) is 10.2 Å². The van der Waals surface area contributed by atoms with Crippen LogP contribution in [0.3, 0.4) is 0 Å². The number of ether oxygens (including phenoxy) is 1. The summed E-state index contributed by atoms with van der Waals surface area (Å²) in [6.45, 7) is -0.293. The van der Waals surface area contributed by atoms with E-state index in [-0.39, 0.29) is 42.8 Å². The number of nitrogens with one attached hydrogen (secondary N) is 1. The van der Waals surface area contributed by atoms with Crippen LogP contribution >= 0.6 is 0 Å². The number of carbonyl (C=O) groups excluding carboxylic acids is 1. The molecule has 28 heavy (non-hydrogen) atoms. The Morgan fingerprint density at radius 2 is 2.00 bits per heavy atom. The summed E-state index contributed by atoms with van der Waals surface area (Å²) in [5.41, 5.74) is 0.734. The molecule has 2 N–H and O–H groups in total. The molecule has 0 aliphatic rings. The lowest BCUT2D eigenvalue weighted by molar-refractivity contribution is -0.384. The monoisotopic (exact) mass is 384 g/mol. The molecule has 0 aliphatic carbocycles. The summed E-state index contributed by atoms with van der Waals surface area (Å²) < 4.78 is 10.6. The molecule has 0 amide bonds. The SMILES string of the molecule is O=C(OCc1nnc(-c2ccccc2)o1)c1cc([N+](=O)[O-])ccc1NCCO. The van der Waals surface area contributed by atoms with Gasteiger partial charge in [0, 0.05) is 29.9 Å². The lowest BCUT2D eigenvalue weighted by Crippen LogP contribution is -2.13. The third-order valence-electron chi connectivity index (χ3n) is 3.68. The van der Waals surface area contributed by atoms with Gasteiger partial charge in [0.15, 0.2) is 6.61 Å². The highest BCUT2D eigenvalue weighted by molar-refractivity contribution is 5.96. The van der Waals surface area contributed by atoms with Gasteiger partial charge in [-0.2, -0.15) is 0 Å². The molecule has 0 aliphatic heterocycles. The summed E-state index contributed by atoms with van der Waals surface area (Å²) in [5.74, 6) is -0.432. The predicted octanol–water partition coefficient (Wildman–Crippen LogP) is 2.41. The van der Waals surface area contributed by atoms with Gasteiger partial charge < -0.3 is 19.6 Å². The first-order valence-electron chi connectivity index (χ1n) is 8.26. The lowest BCUT2D eigenvalue weighted by Gasteiger charge is -2.10. The number of hydrogen-bond donors (Lipinski definition) is 2. The van der Waals surface area contributed by atoms with Crippen molar-refractivity contribution in [1.82, 2.24) is 10.2 Å². The first-order valence-corrected chi connectivity index (χ1v) is 8.26. The maximum atomic E-state index is 12.4. The molecule has 0 saturated heterocycles. The summed E-state index contributed by atoms with van der Waals surface area (Å²) in [5, 5.41) is 30.4. The van der Waals surface area contributed by atoms with Crippen molar-refractivity contribution < 1.29 is 24.0 Å². The van der Waals surface area contributed by atoms with Gasteiger partial charge in [-0.25, -0.2) is 4.79 Å². The number of aromatic nitrogens is 2. The molecular formula is C18H16N4O6. The number of nitro groups is 1. The second-order valence-electron chi connectivity index (χ2n) is 5.58. The highest BCUT2D eigenvalue weighted by atomic mass is 16.6. The standard InChI is InChI=1S/C18H16N4O6/c23-9-8-19-15-7-6-13(22(25)26)10-14(15)18(24)27-11-16-20-21-17(28-16)12-4-2-1-3-5-12/h1-7,10,19,23H,8-9,11H2. The van der Waals surface area contributed by atoms with Crippen molar-refractivity contribution in [3.8, 4) is 11.5 Å². The first-order chi connectivity index (χ1) is 13.6. The first kappa shape index (κ1) is 19.0. The number of anilines is 1. The van der Waals surface area contributed by atoms with Crippen LogP contribution in [0.4, 0.5) is 11.4 Å². The minimum absolute atomic E-state index is 0.0366. The molecule has 0 saturated carbocycles. The Morgan fingerprint density at radius 1 is 1.21 bits per heavy atom. The van der Waals surface area contributed by atoms with Crippen LogP contribution in [0.2, 0.25) is 0 Å². The number of hydrogen-bond acceptors (Lipinski definition) is 9. The Bertz CT molecular complexity index is 973. The normalized spacial score (nSPS) is 10.5. The fourth-order valence-corrected chi connectivity index (χ4v) is 2.37. The lowest BCUT2D eigenvalue weighted by atomic mass is 10.1.